The second-order valence-electron chi connectivity index (χ2n) is 8.79. The average molecular weight is 536 g/mol. The molecule has 0 saturated carbocycles. The molecule has 1 aromatic heterocycles. The Morgan fingerprint density at radius 3 is 2.56 bits per heavy atom. The summed E-state index contributed by atoms with van der Waals surface area (Å²) in [6.45, 7) is 1.90. The first-order valence-electron chi connectivity index (χ1n) is 12.3. The summed E-state index contributed by atoms with van der Waals surface area (Å²) in [5, 5.41) is 17.5. The highest BCUT2D eigenvalue weighted by molar-refractivity contribution is 5.96. The summed E-state index contributed by atoms with van der Waals surface area (Å²) < 4.78 is 11.6. The van der Waals surface area contributed by atoms with Gasteiger partial charge in [-0.05, 0) is 60.7 Å². The van der Waals surface area contributed by atoms with Crippen molar-refractivity contribution in [2.75, 3.05) is 14.2 Å². The van der Waals surface area contributed by atoms with Crippen LogP contribution < -0.4 is 20.9 Å². The molecule has 0 bridgehead atoms. The Morgan fingerprint density at radius 1 is 1.10 bits per heavy atom. The highest BCUT2D eigenvalue weighted by Gasteiger charge is 2.17. The van der Waals surface area contributed by atoms with E-state index in [2.05, 4.69) is 26.0 Å². The lowest BCUT2D eigenvalue weighted by Crippen LogP contribution is -2.43. The number of methoxy groups -OCH3 is 2. The first-order valence-corrected chi connectivity index (χ1v) is 12.3. The third-order valence-corrected chi connectivity index (χ3v) is 5.93. The molecule has 2 amide bonds. The van der Waals surface area contributed by atoms with Gasteiger partial charge in [-0.2, -0.15) is 5.10 Å². The normalized spacial score (nSPS) is 12.5. The summed E-state index contributed by atoms with van der Waals surface area (Å²) in [5.74, 6) is -0.887. The van der Waals surface area contributed by atoms with Crippen LogP contribution in [0.2, 0.25) is 0 Å². The lowest BCUT2D eigenvalue weighted by molar-refractivity contribution is -0.135. The number of hydrogen-bond donors (Lipinski definition) is 4. The van der Waals surface area contributed by atoms with Crippen molar-refractivity contribution < 1.29 is 29.0 Å². The molecule has 0 spiro atoms. The summed E-state index contributed by atoms with van der Waals surface area (Å²) in [5.41, 5.74) is 8.69. The minimum atomic E-state index is -1.09. The van der Waals surface area contributed by atoms with Gasteiger partial charge in [0.15, 0.2) is 0 Å². The van der Waals surface area contributed by atoms with Crippen molar-refractivity contribution >= 4 is 17.8 Å². The number of nitrogens with zero attached hydrogens (tertiary/aromatic N) is 2. The maximum Gasteiger partial charge on any atom is 0.330 e. The van der Waals surface area contributed by atoms with E-state index in [-0.39, 0.29) is 18.4 Å². The third kappa shape index (κ3) is 8.52. The first-order chi connectivity index (χ1) is 18.7. The number of carbonyl (C=O) groups excluding carboxylic acids is 3. The molecule has 0 fully saturated rings. The van der Waals surface area contributed by atoms with E-state index in [0.29, 0.717) is 17.7 Å². The van der Waals surface area contributed by atoms with Crippen molar-refractivity contribution in [3.8, 4) is 16.9 Å². The van der Waals surface area contributed by atoms with Crippen molar-refractivity contribution in [2.45, 2.75) is 32.0 Å². The Kier molecular flexibility index (Phi) is 10.4. The molecule has 4 N–H and O–H groups in total. The minimum absolute atomic E-state index is 0.213. The SMILES string of the molecule is COC(=O)/C=C/C(=O)NNC(O)CCc1ccccc1C(=O)N[C@H](C)c1cc(OC)cc(-c2cnn(C)c2)c1. The van der Waals surface area contributed by atoms with E-state index in [0.717, 1.165) is 34.4 Å². The number of hydrogen-bond acceptors (Lipinski definition) is 8. The fraction of sp³-hybridized carbons (Fsp3) is 0.286. The second-order valence-corrected chi connectivity index (χ2v) is 8.79. The van der Waals surface area contributed by atoms with Gasteiger partial charge < -0.3 is 19.9 Å². The van der Waals surface area contributed by atoms with Crippen LogP contribution in [0.15, 0.2) is 67.0 Å². The van der Waals surface area contributed by atoms with Gasteiger partial charge in [0, 0.05) is 36.5 Å². The van der Waals surface area contributed by atoms with Crippen LogP contribution in [-0.2, 0) is 27.8 Å². The number of carbonyl (C=O) groups is 3. The van der Waals surface area contributed by atoms with Crippen LogP contribution in [0.25, 0.3) is 11.1 Å². The number of amides is 2. The summed E-state index contributed by atoms with van der Waals surface area (Å²) in [4.78, 5) is 36.0. The van der Waals surface area contributed by atoms with Gasteiger partial charge >= 0.3 is 5.97 Å². The largest absolute Gasteiger partial charge is 0.497 e. The molecule has 39 heavy (non-hydrogen) atoms. The standard InChI is InChI=1S/C28H33N5O6/c1-18(20-13-21(15-23(14-20)38-3)22-16-29-33(2)17-22)30-28(37)24-8-6-5-7-19(24)9-10-25(34)31-32-26(35)11-12-27(36)39-4/h5-8,11-18,25,31,34H,9-10H2,1-4H3,(H,30,37)(H,32,35)/b12-11+/t18-,25?/m1/s1. The summed E-state index contributed by atoms with van der Waals surface area (Å²) in [6, 6.07) is 12.6. The Labute approximate surface area is 226 Å². The average Bonchev–Trinajstić information content (AvgIpc) is 3.39. The fourth-order valence-corrected chi connectivity index (χ4v) is 3.82. The lowest BCUT2D eigenvalue weighted by Gasteiger charge is -2.18. The van der Waals surface area contributed by atoms with Gasteiger partial charge in [0.05, 0.1) is 26.5 Å². The molecular formula is C28H33N5O6. The Morgan fingerprint density at radius 2 is 1.87 bits per heavy atom. The van der Waals surface area contributed by atoms with E-state index >= 15 is 0 Å². The lowest BCUT2D eigenvalue weighted by atomic mass is 9.99. The Hall–Kier alpha value is -4.48. The molecule has 3 aromatic rings. The molecular weight excluding hydrogens is 502 g/mol. The maximum absolute atomic E-state index is 13.2. The van der Waals surface area contributed by atoms with E-state index in [9.17, 15) is 19.5 Å². The first kappa shape index (κ1) is 29.1. The van der Waals surface area contributed by atoms with E-state index in [1.807, 2.05) is 50.5 Å². The molecule has 11 nitrogen and oxygen atoms in total. The number of rotatable bonds is 12. The molecule has 206 valence electrons. The van der Waals surface area contributed by atoms with Crippen molar-refractivity contribution in [3.05, 3.63) is 83.7 Å². The van der Waals surface area contributed by atoms with E-state index in [1.165, 1.54) is 7.11 Å². The maximum atomic E-state index is 13.2. The number of esters is 1. The zero-order valence-corrected chi connectivity index (χ0v) is 22.3. The predicted octanol–water partition coefficient (Wildman–Crippen LogP) is 2.19. The van der Waals surface area contributed by atoms with Crippen molar-refractivity contribution in [1.29, 1.82) is 0 Å². The number of ether oxygens (including phenoxy) is 2. The van der Waals surface area contributed by atoms with E-state index in [1.54, 1.807) is 30.1 Å². The zero-order chi connectivity index (χ0) is 28.4. The van der Waals surface area contributed by atoms with Gasteiger partial charge in [0.2, 0.25) is 0 Å². The molecule has 0 aliphatic heterocycles. The topological polar surface area (TPSA) is 144 Å². The summed E-state index contributed by atoms with van der Waals surface area (Å²) >= 11 is 0. The number of hydrazine groups is 1. The van der Waals surface area contributed by atoms with Gasteiger partial charge in [-0.3, -0.25) is 19.7 Å². The molecule has 1 heterocycles. The summed E-state index contributed by atoms with van der Waals surface area (Å²) in [7, 11) is 4.64. The highest BCUT2D eigenvalue weighted by Crippen LogP contribution is 2.29. The van der Waals surface area contributed by atoms with Gasteiger partial charge in [0.1, 0.15) is 12.0 Å². The fourth-order valence-electron chi connectivity index (χ4n) is 3.82. The highest BCUT2D eigenvalue weighted by atomic mass is 16.5. The van der Waals surface area contributed by atoms with Crippen LogP contribution >= 0.6 is 0 Å². The van der Waals surface area contributed by atoms with Crippen molar-refractivity contribution in [3.63, 3.8) is 0 Å². The molecule has 0 saturated heterocycles. The Bertz CT molecular complexity index is 1340. The molecule has 1 unspecified atom stereocenters. The third-order valence-electron chi connectivity index (χ3n) is 5.93. The summed E-state index contributed by atoms with van der Waals surface area (Å²) in [6.07, 6.45) is 5.12. The smallest absolute Gasteiger partial charge is 0.330 e. The van der Waals surface area contributed by atoms with E-state index in [4.69, 9.17) is 4.74 Å². The van der Waals surface area contributed by atoms with Crippen molar-refractivity contribution in [1.82, 2.24) is 25.9 Å². The number of aromatic nitrogens is 2. The van der Waals surface area contributed by atoms with Gasteiger partial charge in [-0.1, -0.05) is 18.2 Å². The van der Waals surface area contributed by atoms with Gasteiger partial charge in [0.25, 0.3) is 11.8 Å². The van der Waals surface area contributed by atoms with Crippen molar-refractivity contribution in [2.24, 2.45) is 7.05 Å². The number of aryl methyl sites for hydroxylation is 2. The molecule has 2 atom stereocenters. The molecule has 3 rings (SSSR count). The molecule has 0 aliphatic carbocycles. The Balaban J connectivity index is 1.63. The van der Waals surface area contributed by atoms with Crippen LogP contribution in [0, 0.1) is 0 Å². The zero-order valence-electron chi connectivity index (χ0n) is 22.3. The molecule has 0 radical (unpaired) electrons. The molecule has 0 aliphatic rings. The number of benzene rings is 2. The predicted molar refractivity (Wildman–Crippen MR) is 144 cm³/mol. The van der Waals surface area contributed by atoms with E-state index < -0.39 is 18.1 Å². The monoisotopic (exact) mass is 535 g/mol. The number of aliphatic hydroxyl groups excluding tert-OH is 1. The van der Waals surface area contributed by atoms with Gasteiger partial charge in [-0.15, -0.1) is 0 Å². The number of aliphatic hydroxyl groups is 1. The minimum Gasteiger partial charge on any atom is -0.497 e. The quantitative estimate of drug-likeness (QED) is 0.120. The van der Waals surface area contributed by atoms with Crippen LogP contribution in [-0.4, -0.2) is 53.1 Å². The van der Waals surface area contributed by atoms with Gasteiger partial charge in [-0.25, -0.2) is 10.2 Å². The second kappa shape index (κ2) is 13.9. The number of nitrogens with one attached hydrogen (secondary N) is 3. The molecule has 11 heteroatoms. The van der Waals surface area contributed by atoms with Crippen LogP contribution in [0.5, 0.6) is 5.75 Å². The molecule has 2 aromatic carbocycles. The van der Waals surface area contributed by atoms with Crippen LogP contribution in [0.3, 0.4) is 0 Å². The van der Waals surface area contributed by atoms with Crippen LogP contribution in [0.4, 0.5) is 0 Å². The van der Waals surface area contributed by atoms with Crippen LogP contribution in [0.1, 0.15) is 40.9 Å².